The molecular formula is C46H43N3O4S2. The van der Waals surface area contributed by atoms with Gasteiger partial charge in [-0.2, -0.15) is 0 Å². The molecule has 0 heterocycles. The van der Waals surface area contributed by atoms with Crippen LogP contribution < -0.4 is 16.0 Å². The minimum absolute atomic E-state index is 0.0619. The van der Waals surface area contributed by atoms with Crippen LogP contribution in [0.2, 0.25) is 0 Å². The number of thioether (sulfide) groups is 2. The highest BCUT2D eigenvalue weighted by atomic mass is 32.2. The first kappa shape index (κ1) is 38.9. The molecule has 0 aromatic heterocycles. The Balaban J connectivity index is 1.34. The van der Waals surface area contributed by atoms with Crippen LogP contribution in [0, 0.1) is 0 Å². The van der Waals surface area contributed by atoms with Crippen molar-refractivity contribution >= 4 is 41.4 Å². The van der Waals surface area contributed by atoms with Gasteiger partial charge in [-0.1, -0.05) is 182 Å². The van der Waals surface area contributed by atoms with Crippen LogP contribution in [-0.2, 0) is 19.1 Å². The number of benzene rings is 6. The highest BCUT2D eigenvalue weighted by Crippen LogP contribution is 2.50. The largest absolute Gasteiger partial charge is 0.465 e. The minimum Gasteiger partial charge on any atom is -0.465 e. The van der Waals surface area contributed by atoms with E-state index in [9.17, 15) is 19.5 Å². The number of hydrogen-bond acceptors (Lipinski definition) is 5. The molecule has 0 aliphatic rings. The molecule has 4 N–H and O–H groups in total. The van der Waals surface area contributed by atoms with Crippen molar-refractivity contribution in [2.45, 2.75) is 21.6 Å². The number of carbonyl (C=O) groups excluding carboxylic acids is 2. The van der Waals surface area contributed by atoms with E-state index in [1.165, 1.54) is 30.6 Å². The van der Waals surface area contributed by atoms with Gasteiger partial charge in [0.05, 0.1) is 9.49 Å². The molecule has 3 amide bonds. The van der Waals surface area contributed by atoms with Crippen molar-refractivity contribution in [3.63, 3.8) is 0 Å². The van der Waals surface area contributed by atoms with Crippen LogP contribution >= 0.6 is 23.5 Å². The number of amides is 3. The van der Waals surface area contributed by atoms with Gasteiger partial charge in [0.1, 0.15) is 12.1 Å². The summed E-state index contributed by atoms with van der Waals surface area (Å²) in [5.41, 5.74) is 5.97. The maximum atomic E-state index is 14.3. The second-order valence-corrected chi connectivity index (χ2v) is 15.3. The van der Waals surface area contributed by atoms with E-state index < -0.39 is 39.5 Å². The quantitative estimate of drug-likeness (QED) is 0.0739. The summed E-state index contributed by atoms with van der Waals surface area (Å²) in [6.45, 7) is 0. The Morgan fingerprint density at radius 2 is 0.709 bits per heavy atom. The molecule has 0 radical (unpaired) electrons. The van der Waals surface area contributed by atoms with Gasteiger partial charge in [-0.25, -0.2) is 4.79 Å². The van der Waals surface area contributed by atoms with Gasteiger partial charge >= 0.3 is 6.09 Å². The van der Waals surface area contributed by atoms with Crippen LogP contribution in [0.1, 0.15) is 33.4 Å². The van der Waals surface area contributed by atoms with Crippen LogP contribution in [0.3, 0.4) is 0 Å². The fraction of sp³-hybridized carbons (Fsp3) is 0.152. The van der Waals surface area contributed by atoms with Crippen LogP contribution in [0.5, 0.6) is 0 Å². The number of hydrogen-bond donors (Lipinski definition) is 4. The van der Waals surface area contributed by atoms with E-state index in [2.05, 4.69) is 52.3 Å². The molecular weight excluding hydrogens is 723 g/mol. The first-order valence-corrected chi connectivity index (χ1v) is 20.0. The Morgan fingerprint density at radius 3 is 0.945 bits per heavy atom. The Kier molecular flexibility index (Phi) is 13.1. The Labute approximate surface area is 331 Å². The van der Waals surface area contributed by atoms with E-state index in [-0.39, 0.29) is 11.5 Å². The minimum atomic E-state index is -1.34. The summed E-state index contributed by atoms with van der Waals surface area (Å²) in [7, 11) is 1.53. The van der Waals surface area contributed by atoms with E-state index in [4.69, 9.17) is 0 Å². The van der Waals surface area contributed by atoms with Gasteiger partial charge in [-0.05, 0) is 33.4 Å². The van der Waals surface area contributed by atoms with Crippen molar-refractivity contribution in [2.75, 3.05) is 18.6 Å². The molecule has 6 aromatic carbocycles. The van der Waals surface area contributed by atoms with Crippen molar-refractivity contribution < 1.29 is 19.5 Å². The molecule has 55 heavy (non-hydrogen) atoms. The molecule has 0 unspecified atom stereocenters. The van der Waals surface area contributed by atoms with E-state index in [0.717, 1.165) is 33.4 Å². The first-order chi connectivity index (χ1) is 26.9. The van der Waals surface area contributed by atoms with Crippen molar-refractivity contribution in [3.05, 3.63) is 215 Å². The summed E-state index contributed by atoms with van der Waals surface area (Å²) in [5, 5.41) is 18.1. The number of nitrogens with one attached hydrogen (secondary N) is 3. The van der Waals surface area contributed by atoms with Crippen molar-refractivity contribution in [3.8, 4) is 0 Å². The zero-order valence-electron chi connectivity index (χ0n) is 30.4. The highest BCUT2D eigenvalue weighted by molar-refractivity contribution is 8.01. The molecule has 6 aromatic rings. The monoisotopic (exact) mass is 765 g/mol. The summed E-state index contributed by atoms with van der Waals surface area (Å²) < 4.78 is -1.53. The second kappa shape index (κ2) is 18.5. The van der Waals surface area contributed by atoms with Gasteiger partial charge in [0, 0.05) is 18.6 Å². The van der Waals surface area contributed by atoms with Gasteiger partial charge in [0.2, 0.25) is 11.8 Å². The zero-order chi connectivity index (χ0) is 38.5. The van der Waals surface area contributed by atoms with Gasteiger partial charge in [0.25, 0.3) is 0 Å². The third-order valence-corrected chi connectivity index (χ3v) is 12.8. The number of likely N-dealkylation sites (N-methyl/N-ethyl adjacent to an activating group) is 1. The fourth-order valence-electron chi connectivity index (χ4n) is 6.92. The average Bonchev–Trinajstić information content (AvgIpc) is 3.25. The molecule has 6 rings (SSSR count). The zero-order valence-corrected chi connectivity index (χ0v) is 32.0. The standard InChI is InChI=1S/C46H43N3O4S2/c1-47-42(50)40(32-54-45(34-20-8-2-9-21-34,35-22-10-3-11-23-35)36-24-12-4-13-25-36)48-43(51)41(49-44(52)53)33-55-46(37-26-14-5-15-27-37,38-28-16-6-17-29-38)39-30-18-7-19-31-39/h2-31,40-41,49H,32-33H2,1H3,(H,47,50)(H,48,51)(H,52,53)/t40-,41-/m0/s1. The lowest BCUT2D eigenvalue weighted by atomic mass is 9.84. The van der Waals surface area contributed by atoms with E-state index in [1.807, 2.05) is 146 Å². The Morgan fingerprint density at radius 1 is 0.455 bits per heavy atom. The number of carbonyl (C=O) groups is 3. The van der Waals surface area contributed by atoms with Gasteiger partial charge in [-0.3, -0.25) is 9.59 Å². The summed E-state index contributed by atoms with van der Waals surface area (Å²) in [6, 6.07) is 58.1. The lowest BCUT2D eigenvalue weighted by Crippen LogP contribution is -2.55. The van der Waals surface area contributed by atoms with Crippen LogP contribution in [0.25, 0.3) is 0 Å². The normalized spacial score (nSPS) is 12.5. The second-order valence-electron chi connectivity index (χ2n) is 12.9. The molecule has 9 heteroatoms. The number of rotatable bonds is 16. The molecule has 278 valence electrons. The fourth-order valence-corrected chi connectivity index (χ4v) is 10.0. The molecule has 0 saturated carbocycles. The lowest BCUT2D eigenvalue weighted by molar-refractivity contribution is -0.128. The molecule has 0 saturated heterocycles. The smallest absolute Gasteiger partial charge is 0.405 e. The predicted molar refractivity (Wildman–Crippen MR) is 224 cm³/mol. The molecule has 0 fully saturated rings. The first-order valence-electron chi connectivity index (χ1n) is 18.0. The van der Waals surface area contributed by atoms with Gasteiger partial charge in [0.15, 0.2) is 0 Å². The molecule has 0 spiro atoms. The van der Waals surface area contributed by atoms with E-state index in [1.54, 1.807) is 0 Å². The highest BCUT2D eigenvalue weighted by Gasteiger charge is 2.41. The summed E-state index contributed by atoms with van der Waals surface area (Å²) >= 11 is 3.00. The van der Waals surface area contributed by atoms with Crippen LogP contribution in [0.15, 0.2) is 182 Å². The SMILES string of the molecule is CNC(=O)[C@H](CSC(c1ccccc1)(c1ccccc1)c1ccccc1)NC(=O)[C@H](CSC(c1ccccc1)(c1ccccc1)c1ccccc1)NC(=O)O. The van der Waals surface area contributed by atoms with E-state index in [0.29, 0.717) is 0 Å². The predicted octanol–water partition coefficient (Wildman–Crippen LogP) is 8.30. The van der Waals surface area contributed by atoms with Crippen molar-refractivity contribution in [1.82, 2.24) is 16.0 Å². The number of carboxylic acid groups (broad SMARTS) is 1. The molecule has 0 aliphatic heterocycles. The maximum absolute atomic E-state index is 14.3. The third kappa shape index (κ3) is 8.80. The Hall–Kier alpha value is -5.77. The topological polar surface area (TPSA) is 108 Å². The van der Waals surface area contributed by atoms with Crippen LogP contribution in [-0.4, -0.2) is 53.7 Å². The lowest BCUT2D eigenvalue weighted by Gasteiger charge is -2.37. The average molecular weight is 766 g/mol. The maximum Gasteiger partial charge on any atom is 0.405 e. The van der Waals surface area contributed by atoms with Crippen LogP contribution in [0.4, 0.5) is 4.79 Å². The summed E-state index contributed by atoms with van der Waals surface area (Å²) in [5.74, 6) is -0.749. The summed E-state index contributed by atoms with van der Waals surface area (Å²) in [4.78, 5) is 40.2. The van der Waals surface area contributed by atoms with E-state index >= 15 is 0 Å². The van der Waals surface area contributed by atoms with Crippen molar-refractivity contribution in [1.29, 1.82) is 0 Å². The molecule has 0 aliphatic carbocycles. The third-order valence-electron chi connectivity index (χ3n) is 9.51. The van der Waals surface area contributed by atoms with Gasteiger partial charge in [-0.15, -0.1) is 23.5 Å². The molecule has 2 atom stereocenters. The molecule has 7 nitrogen and oxygen atoms in total. The summed E-state index contributed by atoms with van der Waals surface area (Å²) in [6.07, 6.45) is -1.34. The Bertz CT molecular complexity index is 1930. The molecule has 0 bridgehead atoms. The van der Waals surface area contributed by atoms with Crippen molar-refractivity contribution in [2.24, 2.45) is 0 Å². The van der Waals surface area contributed by atoms with Gasteiger partial charge < -0.3 is 21.1 Å².